The Labute approximate surface area is 91.0 Å². The third-order valence-electron chi connectivity index (χ3n) is 2.38. The van der Waals surface area contributed by atoms with Gasteiger partial charge < -0.3 is 14.8 Å². The van der Waals surface area contributed by atoms with Crippen molar-refractivity contribution in [1.82, 2.24) is 0 Å². The number of sulfone groups is 1. The van der Waals surface area contributed by atoms with Crippen LogP contribution in [0.2, 0.25) is 0 Å². The Morgan fingerprint density at radius 2 is 1.73 bits per heavy atom. The monoisotopic (exact) mass is 237 g/mol. The molecule has 0 bridgehead atoms. The molecule has 0 fully saturated rings. The van der Waals surface area contributed by atoms with Gasteiger partial charge in [-0.3, -0.25) is 0 Å². The van der Waals surface area contributed by atoms with Gasteiger partial charge in [0.15, 0.2) is 9.84 Å². The fourth-order valence-electron chi connectivity index (χ4n) is 1.24. The molecule has 0 radical (unpaired) electrons. The summed E-state index contributed by atoms with van der Waals surface area (Å²) in [4.78, 5) is 11.3. The van der Waals surface area contributed by atoms with Crippen LogP contribution >= 0.6 is 0 Å². The molecular weight excluding hydrogens is 218 g/mol. The smallest absolute Gasteiger partial charge is 0.156 e. The number of carbonyl (C=O) groups excluding carboxylic acids is 1. The highest BCUT2D eigenvalue weighted by atomic mass is 32.2. The Hall–Kier alpha value is -0.620. The second-order valence-corrected chi connectivity index (χ2v) is 5.78. The van der Waals surface area contributed by atoms with Crippen molar-refractivity contribution in [1.29, 1.82) is 0 Å². The van der Waals surface area contributed by atoms with Gasteiger partial charge in [0, 0.05) is 12.4 Å². The number of quaternary nitrogens is 1. The van der Waals surface area contributed by atoms with Crippen LogP contribution in [0.25, 0.3) is 0 Å². The molecule has 15 heavy (non-hydrogen) atoms. The molecule has 0 amide bonds. The summed E-state index contributed by atoms with van der Waals surface area (Å²) in [5.74, 6) is -1.57. The summed E-state index contributed by atoms with van der Waals surface area (Å²) in [7, 11) is -3.23. The Balaban J connectivity index is 3.98. The second kappa shape index (κ2) is 6.79. The summed E-state index contributed by atoms with van der Waals surface area (Å²) in [6.45, 7) is 6.29. The molecule has 0 saturated carbocycles. The molecule has 0 aromatic rings. The van der Waals surface area contributed by atoms with Crippen LogP contribution in [-0.4, -0.2) is 45.5 Å². The second-order valence-electron chi connectivity index (χ2n) is 3.48. The number of nitrogens with one attached hydrogen (secondary N) is 1. The van der Waals surface area contributed by atoms with Crippen LogP contribution in [0.4, 0.5) is 0 Å². The molecule has 90 valence electrons. The van der Waals surface area contributed by atoms with Crippen LogP contribution in [0.3, 0.4) is 0 Å². The van der Waals surface area contributed by atoms with Crippen molar-refractivity contribution in [3.8, 4) is 0 Å². The van der Waals surface area contributed by atoms with E-state index in [1.165, 1.54) is 4.90 Å². The van der Waals surface area contributed by atoms with Gasteiger partial charge in [-0.25, -0.2) is 8.42 Å². The topological polar surface area (TPSA) is 78.7 Å². The van der Waals surface area contributed by atoms with E-state index in [-0.39, 0.29) is 11.5 Å². The normalized spacial score (nSPS) is 11.9. The third kappa shape index (κ3) is 7.33. The van der Waals surface area contributed by atoms with E-state index in [0.717, 1.165) is 13.1 Å². The molecule has 0 aromatic carbocycles. The van der Waals surface area contributed by atoms with E-state index >= 15 is 0 Å². The van der Waals surface area contributed by atoms with Crippen molar-refractivity contribution < 1.29 is 23.2 Å². The molecule has 0 spiro atoms. The van der Waals surface area contributed by atoms with Gasteiger partial charge >= 0.3 is 0 Å². The number of aliphatic carboxylic acids is 1. The molecule has 6 heteroatoms. The summed E-state index contributed by atoms with van der Waals surface area (Å²) in [6.07, 6.45) is -0.407. The summed E-state index contributed by atoms with van der Waals surface area (Å²) in [5, 5.41) is 10.1. The Morgan fingerprint density at radius 3 is 2.13 bits per heavy atom. The maximum absolute atomic E-state index is 11.4. The minimum Gasteiger partial charge on any atom is -0.550 e. The van der Waals surface area contributed by atoms with E-state index in [1.807, 2.05) is 13.8 Å². The van der Waals surface area contributed by atoms with Gasteiger partial charge in [0.2, 0.25) is 0 Å². The molecule has 0 aliphatic heterocycles. The molecule has 0 aliphatic carbocycles. The van der Waals surface area contributed by atoms with Gasteiger partial charge in [0.1, 0.15) is 0 Å². The average Bonchev–Trinajstić information content (AvgIpc) is 2.17. The third-order valence-corrected chi connectivity index (χ3v) is 4.04. The highest BCUT2D eigenvalue weighted by Crippen LogP contribution is 1.91. The van der Waals surface area contributed by atoms with Crippen LogP contribution in [0.5, 0.6) is 0 Å². The molecule has 1 N–H and O–H groups in total. The van der Waals surface area contributed by atoms with Gasteiger partial charge in [-0.05, 0) is 13.8 Å². The molecule has 0 aliphatic rings. The number of carbonyl (C=O) groups is 1. The van der Waals surface area contributed by atoms with Crippen molar-refractivity contribution in [2.45, 2.75) is 20.3 Å². The van der Waals surface area contributed by atoms with Gasteiger partial charge in [0.05, 0.1) is 31.1 Å². The van der Waals surface area contributed by atoms with E-state index < -0.39 is 22.2 Å². The molecule has 0 aromatic heterocycles. The van der Waals surface area contributed by atoms with E-state index in [9.17, 15) is 18.3 Å². The first-order valence-electron chi connectivity index (χ1n) is 5.15. The number of carboxylic acid groups (broad SMARTS) is 1. The van der Waals surface area contributed by atoms with Crippen molar-refractivity contribution >= 4 is 15.8 Å². The largest absolute Gasteiger partial charge is 0.550 e. The molecule has 0 saturated heterocycles. The van der Waals surface area contributed by atoms with Crippen molar-refractivity contribution in [3.63, 3.8) is 0 Å². The predicted octanol–water partition coefficient (Wildman–Crippen LogP) is -2.53. The standard InChI is InChI=1S/C9H19NO4S/c1-3-10(4-2)6-8-15(13,14)7-5-9(11)12/h3-8H2,1-2H3,(H,11,12). The zero-order valence-electron chi connectivity index (χ0n) is 9.28. The fraction of sp³-hybridized carbons (Fsp3) is 0.889. The van der Waals surface area contributed by atoms with Crippen molar-refractivity contribution in [3.05, 3.63) is 0 Å². The van der Waals surface area contributed by atoms with E-state index in [1.54, 1.807) is 0 Å². The first-order chi connectivity index (χ1) is 6.91. The highest BCUT2D eigenvalue weighted by molar-refractivity contribution is 7.91. The SMILES string of the molecule is CC[NH+](CC)CCS(=O)(=O)CCC(=O)[O-]. The quantitative estimate of drug-likeness (QED) is 0.505. The molecule has 0 unspecified atom stereocenters. The van der Waals surface area contributed by atoms with Crippen LogP contribution < -0.4 is 10.0 Å². The lowest BCUT2D eigenvalue weighted by Gasteiger charge is -2.15. The van der Waals surface area contributed by atoms with Crippen LogP contribution in [0.15, 0.2) is 0 Å². The maximum Gasteiger partial charge on any atom is 0.156 e. The fourth-order valence-corrected chi connectivity index (χ4v) is 2.53. The summed E-state index contributed by atoms with van der Waals surface area (Å²) >= 11 is 0. The van der Waals surface area contributed by atoms with Crippen LogP contribution in [0.1, 0.15) is 20.3 Å². The minimum absolute atomic E-state index is 0.0529. The van der Waals surface area contributed by atoms with E-state index in [2.05, 4.69) is 0 Å². The Morgan fingerprint density at radius 1 is 1.20 bits per heavy atom. The Kier molecular flexibility index (Phi) is 6.51. The zero-order chi connectivity index (χ0) is 11.9. The number of hydrogen-bond acceptors (Lipinski definition) is 4. The molecule has 0 rings (SSSR count). The number of carboxylic acids is 1. The Bertz CT molecular complexity index is 282. The molecular formula is C9H19NO4S. The lowest BCUT2D eigenvalue weighted by atomic mass is 10.5. The number of hydrogen-bond donors (Lipinski definition) is 1. The average molecular weight is 237 g/mol. The molecule has 5 nitrogen and oxygen atoms in total. The predicted molar refractivity (Wildman–Crippen MR) is 55.2 cm³/mol. The van der Waals surface area contributed by atoms with E-state index in [4.69, 9.17) is 0 Å². The first kappa shape index (κ1) is 14.4. The van der Waals surface area contributed by atoms with Gasteiger partial charge in [0.25, 0.3) is 0 Å². The lowest BCUT2D eigenvalue weighted by Crippen LogP contribution is -3.12. The van der Waals surface area contributed by atoms with Gasteiger partial charge in [-0.15, -0.1) is 0 Å². The minimum atomic E-state index is -3.23. The molecule has 0 atom stereocenters. The summed E-state index contributed by atoms with van der Waals surface area (Å²) in [6, 6.07) is 0. The summed E-state index contributed by atoms with van der Waals surface area (Å²) in [5.41, 5.74) is 0. The van der Waals surface area contributed by atoms with Crippen LogP contribution in [-0.2, 0) is 14.6 Å². The van der Waals surface area contributed by atoms with Gasteiger partial charge in [-0.1, -0.05) is 0 Å². The zero-order valence-corrected chi connectivity index (χ0v) is 10.1. The first-order valence-corrected chi connectivity index (χ1v) is 6.97. The van der Waals surface area contributed by atoms with Crippen molar-refractivity contribution in [2.24, 2.45) is 0 Å². The van der Waals surface area contributed by atoms with Crippen LogP contribution in [0, 0.1) is 0 Å². The molecule has 0 heterocycles. The lowest BCUT2D eigenvalue weighted by molar-refractivity contribution is -0.893. The van der Waals surface area contributed by atoms with E-state index in [0.29, 0.717) is 6.54 Å². The van der Waals surface area contributed by atoms with Crippen molar-refractivity contribution in [2.75, 3.05) is 31.1 Å². The van der Waals surface area contributed by atoms with Gasteiger partial charge in [-0.2, -0.15) is 0 Å². The number of rotatable bonds is 8. The maximum atomic E-state index is 11.4. The highest BCUT2D eigenvalue weighted by Gasteiger charge is 2.14. The summed E-state index contributed by atoms with van der Waals surface area (Å²) < 4.78 is 22.7.